The number of hydrogen-bond donors (Lipinski definition) is 2. The largest absolute Gasteiger partial charge is 0.493 e. The second-order valence-electron chi connectivity index (χ2n) is 3.85. The van der Waals surface area contributed by atoms with E-state index in [2.05, 4.69) is 4.74 Å². The monoisotopic (exact) mass is 261 g/mol. The smallest absolute Gasteiger partial charge is 0.387 e. The van der Waals surface area contributed by atoms with Gasteiger partial charge in [0.2, 0.25) is 0 Å². The maximum absolute atomic E-state index is 12.2. The van der Waals surface area contributed by atoms with E-state index in [1.165, 1.54) is 13.2 Å². The minimum Gasteiger partial charge on any atom is -0.493 e. The molecule has 0 aromatic heterocycles. The van der Waals surface area contributed by atoms with Crippen LogP contribution in [0.25, 0.3) is 0 Å². The molecule has 1 unspecified atom stereocenters. The van der Waals surface area contributed by atoms with Crippen LogP contribution >= 0.6 is 0 Å². The van der Waals surface area contributed by atoms with E-state index in [0.717, 1.165) is 5.56 Å². The Balaban J connectivity index is 2.87. The van der Waals surface area contributed by atoms with Gasteiger partial charge < -0.3 is 20.3 Å². The number of halogens is 2. The van der Waals surface area contributed by atoms with Crippen molar-refractivity contribution in [3.63, 3.8) is 0 Å². The molecule has 6 heteroatoms. The number of aliphatic hydroxyl groups excluding tert-OH is 1. The molecule has 3 N–H and O–H groups in total. The predicted octanol–water partition coefficient (Wildman–Crippen LogP) is 1.41. The van der Waals surface area contributed by atoms with Crippen LogP contribution < -0.4 is 15.2 Å². The number of aliphatic hydroxyl groups is 1. The Morgan fingerprint density at radius 3 is 2.56 bits per heavy atom. The van der Waals surface area contributed by atoms with Gasteiger partial charge in [-0.05, 0) is 36.6 Å². The lowest BCUT2D eigenvalue weighted by Gasteiger charge is -2.14. The lowest BCUT2D eigenvalue weighted by molar-refractivity contribution is -0.0512. The number of alkyl halides is 2. The third-order valence-corrected chi connectivity index (χ3v) is 2.56. The molecule has 0 aliphatic heterocycles. The summed E-state index contributed by atoms with van der Waals surface area (Å²) >= 11 is 0. The highest BCUT2D eigenvalue weighted by Gasteiger charge is 2.13. The fraction of sp³-hybridized carbons (Fsp3) is 0.500. The lowest BCUT2D eigenvalue weighted by Crippen LogP contribution is -2.20. The Morgan fingerprint density at radius 1 is 1.33 bits per heavy atom. The third-order valence-electron chi connectivity index (χ3n) is 2.56. The zero-order valence-corrected chi connectivity index (χ0v) is 10.1. The first-order valence-electron chi connectivity index (χ1n) is 5.53. The summed E-state index contributed by atoms with van der Waals surface area (Å²) in [6.07, 6.45) is 0.497. The van der Waals surface area contributed by atoms with Crippen LogP contribution in [0.1, 0.15) is 5.56 Å². The van der Waals surface area contributed by atoms with Crippen LogP contribution in [0, 0.1) is 5.92 Å². The van der Waals surface area contributed by atoms with Crippen LogP contribution in [0.5, 0.6) is 11.5 Å². The standard InChI is InChI=1S/C12H17F2NO3/c1-17-10-3-2-8(4-9(6-15)7-16)5-11(10)18-12(13)14/h2-3,5,9,12,16H,4,6-7,15H2,1H3. The van der Waals surface area contributed by atoms with Crippen molar-refractivity contribution in [2.24, 2.45) is 11.7 Å². The van der Waals surface area contributed by atoms with Gasteiger partial charge in [0.1, 0.15) is 0 Å². The summed E-state index contributed by atoms with van der Waals surface area (Å²) in [5, 5.41) is 9.05. The lowest BCUT2D eigenvalue weighted by atomic mass is 10.00. The molecule has 0 aliphatic carbocycles. The molecule has 1 rings (SSSR count). The maximum atomic E-state index is 12.2. The van der Waals surface area contributed by atoms with Gasteiger partial charge in [-0.1, -0.05) is 6.07 Å². The van der Waals surface area contributed by atoms with E-state index in [-0.39, 0.29) is 24.0 Å². The first-order valence-corrected chi connectivity index (χ1v) is 5.53. The van der Waals surface area contributed by atoms with Gasteiger partial charge >= 0.3 is 6.61 Å². The van der Waals surface area contributed by atoms with Gasteiger partial charge in [-0.15, -0.1) is 0 Å². The van der Waals surface area contributed by atoms with Crippen LogP contribution in [-0.4, -0.2) is 32.0 Å². The Morgan fingerprint density at radius 2 is 2.06 bits per heavy atom. The van der Waals surface area contributed by atoms with Gasteiger partial charge in [-0.25, -0.2) is 0 Å². The number of hydrogen-bond acceptors (Lipinski definition) is 4. The average molecular weight is 261 g/mol. The number of benzene rings is 1. The molecule has 0 aliphatic rings. The minimum absolute atomic E-state index is 0.0151. The number of ether oxygens (including phenoxy) is 2. The van der Waals surface area contributed by atoms with E-state index in [1.807, 2.05) is 0 Å². The molecule has 0 saturated carbocycles. The van der Waals surface area contributed by atoms with Crippen LogP contribution in [0.15, 0.2) is 18.2 Å². The first-order chi connectivity index (χ1) is 8.60. The fourth-order valence-electron chi connectivity index (χ4n) is 1.59. The molecule has 0 spiro atoms. The van der Waals surface area contributed by atoms with Crippen LogP contribution in [0.4, 0.5) is 8.78 Å². The maximum Gasteiger partial charge on any atom is 0.387 e. The summed E-state index contributed by atoms with van der Waals surface area (Å²) in [4.78, 5) is 0. The van der Waals surface area contributed by atoms with E-state index in [4.69, 9.17) is 15.6 Å². The van der Waals surface area contributed by atoms with E-state index in [1.54, 1.807) is 12.1 Å². The molecule has 0 heterocycles. The van der Waals surface area contributed by atoms with Gasteiger partial charge in [0.05, 0.1) is 7.11 Å². The van der Waals surface area contributed by atoms with Crippen molar-refractivity contribution in [3.8, 4) is 11.5 Å². The van der Waals surface area contributed by atoms with Gasteiger partial charge in [0.25, 0.3) is 0 Å². The van der Waals surface area contributed by atoms with Gasteiger partial charge in [-0.2, -0.15) is 8.78 Å². The molecule has 102 valence electrons. The Kier molecular flexibility index (Phi) is 5.80. The van der Waals surface area contributed by atoms with Crippen molar-refractivity contribution in [1.29, 1.82) is 0 Å². The number of rotatable bonds is 7. The summed E-state index contributed by atoms with van der Waals surface area (Å²) in [6.45, 7) is -2.63. The van der Waals surface area contributed by atoms with Crippen molar-refractivity contribution in [2.45, 2.75) is 13.0 Å². The summed E-state index contributed by atoms with van der Waals surface area (Å²) in [6, 6.07) is 4.76. The molecule has 1 aromatic rings. The highest BCUT2D eigenvalue weighted by molar-refractivity contribution is 5.43. The summed E-state index contributed by atoms with van der Waals surface area (Å²) < 4.78 is 33.8. The van der Waals surface area contributed by atoms with E-state index in [9.17, 15) is 8.78 Å². The Labute approximate surface area is 104 Å². The van der Waals surface area contributed by atoms with E-state index >= 15 is 0 Å². The molecule has 0 fully saturated rings. The summed E-state index contributed by atoms with van der Waals surface area (Å²) in [5.74, 6) is 0.129. The molecule has 18 heavy (non-hydrogen) atoms. The number of nitrogens with two attached hydrogens (primary N) is 1. The highest BCUT2D eigenvalue weighted by atomic mass is 19.3. The van der Waals surface area contributed by atoms with Crippen molar-refractivity contribution >= 4 is 0 Å². The van der Waals surface area contributed by atoms with Gasteiger partial charge in [0, 0.05) is 6.61 Å². The molecule has 0 radical (unpaired) electrons. The molecular weight excluding hydrogens is 244 g/mol. The SMILES string of the molecule is COc1ccc(CC(CN)CO)cc1OC(F)F. The predicted molar refractivity (Wildman–Crippen MR) is 63.0 cm³/mol. The molecule has 4 nitrogen and oxygen atoms in total. The number of methoxy groups -OCH3 is 1. The van der Waals surface area contributed by atoms with Gasteiger partial charge in [0.15, 0.2) is 11.5 Å². The van der Waals surface area contributed by atoms with Crippen molar-refractivity contribution in [2.75, 3.05) is 20.3 Å². The van der Waals surface area contributed by atoms with Crippen molar-refractivity contribution in [3.05, 3.63) is 23.8 Å². The molecule has 0 saturated heterocycles. The highest BCUT2D eigenvalue weighted by Crippen LogP contribution is 2.30. The Hall–Kier alpha value is -1.40. The summed E-state index contributed by atoms with van der Waals surface area (Å²) in [7, 11) is 1.38. The van der Waals surface area contributed by atoms with Gasteiger partial charge in [-0.3, -0.25) is 0 Å². The van der Waals surface area contributed by atoms with Crippen LogP contribution in [-0.2, 0) is 6.42 Å². The zero-order valence-electron chi connectivity index (χ0n) is 10.1. The molecule has 0 amide bonds. The Bertz CT molecular complexity index is 370. The quantitative estimate of drug-likeness (QED) is 0.779. The van der Waals surface area contributed by atoms with Crippen molar-refractivity contribution < 1.29 is 23.4 Å². The second kappa shape index (κ2) is 7.13. The van der Waals surface area contributed by atoms with Crippen LogP contribution in [0.3, 0.4) is 0 Å². The first kappa shape index (κ1) is 14.7. The molecule has 1 atom stereocenters. The molecule has 1 aromatic carbocycles. The third kappa shape index (κ3) is 4.12. The normalized spacial score (nSPS) is 12.6. The fourth-order valence-corrected chi connectivity index (χ4v) is 1.59. The van der Waals surface area contributed by atoms with Crippen LogP contribution in [0.2, 0.25) is 0 Å². The zero-order chi connectivity index (χ0) is 13.5. The van der Waals surface area contributed by atoms with Crippen molar-refractivity contribution in [1.82, 2.24) is 0 Å². The topological polar surface area (TPSA) is 64.7 Å². The van der Waals surface area contributed by atoms with E-state index in [0.29, 0.717) is 13.0 Å². The minimum atomic E-state index is -2.91. The molecule has 0 bridgehead atoms. The van der Waals surface area contributed by atoms with E-state index < -0.39 is 6.61 Å². The second-order valence-corrected chi connectivity index (χ2v) is 3.85. The summed E-state index contributed by atoms with van der Waals surface area (Å²) in [5.41, 5.74) is 6.23. The average Bonchev–Trinajstić information content (AvgIpc) is 2.35. The molecular formula is C12H17F2NO3.